The lowest BCUT2D eigenvalue weighted by atomic mass is 10.2. The van der Waals surface area contributed by atoms with Crippen LogP contribution in [0.2, 0.25) is 0 Å². The Kier molecular flexibility index (Phi) is 5.29. The quantitative estimate of drug-likeness (QED) is 0.461. The molecule has 3 nitrogen and oxygen atoms in total. The van der Waals surface area contributed by atoms with Crippen molar-refractivity contribution in [1.82, 2.24) is 0 Å². The molecule has 0 atom stereocenters. The molecule has 6 heteroatoms. The molecule has 0 saturated heterocycles. The van der Waals surface area contributed by atoms with Crippen LogP contribution in [-0.4, -0.2) is 11.8 Å². The van der Waals surface area contributed by atoms with Crippen molar-refractivity contribution in [1.29, 1.82) is 0 Å². The van der Waals surface area contributed by atoms with Crippen LogP contribution in [0, 0.1) is 0 Å². The first-order chi connectivity index (χ1) is 13.1. The fraction of sp³-hybridized carbons (Fsp3) is 0.0476. The van der Waals surface area contributed by atoms with Crippen LogP contribution in [0.25, 0.3) is 5.57 Å². The number of halogens is 1. The molecule has 0 spiro atoms. The van der Waals surface area contributed by atoms with Crippen molar-refractivity contribution >= 4 is 62.1 Å². The van der Waals surface area contributed by atoms with Gasteiger partial charge in [0.15, 0.2) is 0 Å². The Bertz CT molecular complexity index is 1010. The summed E-state index contributed by atoms with van der Waals surface area (Å²) < 4.78 is 0.899. The molecule has 0 N–H and O–H groups in total. The highest BCUT2D eigenvalue weighted by Gasteiger charge is 2.40. The second-order valence-corrected chi connectivity index (χ2v) is 8.73. The van der Waals surface area contributed by atoms with Gasteiger partial charge >= 0.3 is 0 Å². The maximum Gasteiger partial charge on any atom is 0.272 e. The molecule has 2 heterocycles. The summed E-state index contributed by atoms with van der Waals surface area (Å²) >= 11 is 6.28. The lowest BCUT2D eigenvalue weighted by Gasteiger charge is -2.15. The van der Waals surface area contributed by atoms with E-state index in [1.54, 1.807) is 12.1 Å². The number of thiophene rings is 1. The molecule has 0 aliphatic carbocycles. The van der Waals surface area contributed by atoms with Gasteiger partial charge in [-0.2, -0.15) is 0 Å². The first kappa shape index (κ1) is 18.2. The van der Waals surface area contributed by atoms with Gasteiger partial charge in [0.25, 0.3) is 11.8 Å². The number of hydrogen-bond donors (Lipinski definition) is 0. The SMILES string of the molecule is O=C1C(SCc2ccccc2)=C(c2cccs2)C(=O)N1c1ccc(Br)cc1. The van der Waals surface area contributed by atoms with E-state index in [-0.39, 0.29) is 11.8 Å². The van der Waals surface area contributed by atoms with Crippen molar-refractivity contribution in [3.8, 4) is 0 Å². The Hall–Kier alpha value is -2.15. The molecule has 2 amide bonds. The highest BCUT2D eigenvalue weighted by atomic mass is 79.9. The average Bonchev–Trinajstić information content (AvgIpc) is 3.28. The lowest BCUT2D eigenvalue weighted by Crippen LogP contribution is -2.31. The molecule has 0 unspecified atom stereocenters. The molecular formula is C21H14BrNO2S2. The van der Waals surface area contributed by atoms with Gasteiger partial charge in [0.2, 0.25) is 0 Å². The van der Waals surface area contributed by atoms with E-state index in [9.17, 15) is 9.59 Å². The predicted molar refractivity (Wildman–Crippen MR) is 116 cm³/mol. The zero-order valence-electron chi connectivity index (χ0n) is 14.1. The summed E-state index contributed by atoms with van der Waals surface area (Å²) in [6.45, 7) is 0. The van der Waals surface area contributed by atoms with Gasteiger partial charge in [-0.25, -0.2) is 4.90 Å². The molecule has 27 heavy (non-hydrogen) atoms. The molecule has 3 aromatic rings. The largest absolute Gasteiger partial charge is 0.272 e. The van der Waals surface area contributed by atoms with Crippen molar-refractivity contribution in [2.24, 2.45) is 0 Å². The van der Waals surface area contributed by atoms with Gasteiger partial charge in [0.05, 0.1) is 16.2 Å². The molecular weight excluding hydrogens is 442 g/mol. The monoisotopic (exact) mass is 455 g/mol. The van der Waals surface area contributed by atoms with Crippen LogP contribution in [0.1, 0.15) is 10.4 Å². The Morgan fingerprint density at radius 2 is 1.63 bits per heavy atom. The summed E-state index contributed by atoms with van der Waals surface area (Å²) in [6, 6.07) is 20.9. The summed E-state index contributed by atoms with van der Waals surface area (Å²) in [4.78, 5) is 28.9. The van der Waals surface area contributed by atoms with Crippen molar-refractivity contribution < 1.29 is 9.59 Å². The minimum absolute atomic E-state index is 0.258. The molecule has 0 bridgehead atoms. The number of carbonyl (C=O) groups excluding carboxylic acids is 2. The van der Waals surface area contributed by atoms with Gasteiger partial charge in [-0.05, 0) is 41.3 Å². The zero-order valence-corrected chi connectivity index (χ0v) is 17.3. The summed E-state index contributed by atoms with van der Waals surface area (Å²) in [5, 5.41) is 1.92. The van der Waals surface area contributed by atoms with Crippen LogP contribution < -0.4 is 4.90 Å². The minimum Gasteiger partial charge on any atom is -0.268 e. The van der Waals surface area contributed by atoms with Gasteiger partial charge in [-0.1, -0.05) is 52.3 Å². The first-order valence-electron chi connectivity index (χ1n) is 8.24. The molecule has 1 aliphatic rings. The second kappa shape index (κ2) is 7.84. The third kappa shape index (κ3) is 3.65. The number of thioether (sulfide) groups is 1. The van der Waals surface area contributed by atoms with E-state index < -0.39 is 0 Å². The van der Waals surface area contributed by atoms with Crippen LogP contribution in [-0.2, 0) is 15.3 Å². The topological polar surface area (TPSA) is 37.4 Å². The van der Waals surface area contributed by atoms with Gasteiger partial charge in [0, 0.05) is 15.1 Å². The van der Waals surface area contributed by atoms with Crippen molar-refractivity contribution in [2.45, 2.75) is 5.75 Å². The fourth-order valence-electron chi connectivity index (χ4n) is 2.84. The van der Waals surface area contributed by atoms with Crippen LogP contribution in [0.5, 0.6) is 0 Å². The Labute approximate surface area is 173 Å². The van der Waals surface area contributed by atoms with E-state index in [0.29, 0.717) is 21.9 Å². The summed E-state index contributed by atoms with van der Waals surface area (Å²) in [7, 11) is 0. The molecule has 2 aromatic carbocycles. The van der Waals surface area contributed by atoms with E-state index in [1.807, 2.05) is 60.0 Å². The lowest BCUT2D eigenvalue weighted by molar-refractivity contribution is -0.119. The molecule has 1 aliphatic heterocycles. The number of amides is 2. The number of anilines is 1. The van der Waals surface area contributed by atoms with Gasteiger partial charge < -0.3 is 0 Å². The van der Waals surface area contributed by atoms with E-state index >= 15 is 0 Å². The van der Waals surface area contributed by atoms with E-state index in [2.05, 4.69) is 15.9 Å². The molecule has 0 radical (unpaired) electrons. The minimum atomic E-state index is -0.264. The standard InChI is InChI=1S/C21H14BrNO2S2/c22-15-8-10-16(11-9-15)23-20(24)18(17-7-4-12-26-17)19(21(23)25)27-13-14-5-2-1-3-6-14/h1-12H,13H2. The van der Waals surface area contributed by atoms with E-state index in [1.165, 1.54) is 28.0 Å². The Morgan fingerprint density at radius 3 is 2.30 bits per heavy atom. The van der Waals surface area contributed by atoms with Crippen molar-refractivity contribution in [3.63, 3.8) is 0 Å². The van der Waals surface area contributed by atoms with Crippen LogP contribution >= 0.6 is 39.0 Å². The normalized spacial score (nSPS) is 14.3. The first-order valence-corrected chi connectivity index (χ1v) is 10.9. The predicted octanol–water partition coefficient (Wildman–Crippen LogP) is 5.73. The molecule has 4 rings (SSSR count). The van der Waals surface area contributed by atoms with Crippen LogP contribution in [0.4, 0.5) is 5.69 Å². The van der Waals surface area contributed by atoms with Crippen LogP contribution in [0.3, 0.4) is 0 Å². The highest BCUT2D eigenvalue weighted by molar-refractivity contribution is 9.10. The highest BCUT2D eigenvalue weighted by Crippen LogP contribution is 2.40. The summed E-state index contributed by atoms with van der Waals surface area (Å²) in [6.07, 6.45) is 0. The van der Waals surface area contributed by atoms with Gasteiger partial charge in [-0.15, -0.1) is 23.1 Å². The maximum absolute atomic E-state index is 13.2. The summed E-state index contributed by atoms with van der Waals surface area (Å²) in [5.41, 5.74) is 2.19. The molecule has 0 saturated carbocycles. The van der Waals surface area contributed by atoms with Gasteiger partial charge in [-0.3, -0.25) is 9.59 Å². The molecule has 1 aromatic heterocycles. The Balaban J connectivity index is 1.70. The number of rotatable bonds is 5. The van der Waals surface area contributed by atoms with Gasteiger partial charge in [0.1, 0.15) is 0 Å². The third-order valence-corrected chi connectivity index (χ3v) is 6.68. The Morgan fingerprint density at radius 1 is 0.889 bits per heavy atom. The summed E-state index contributed by atoms with van der Waals surface area (Å²) in [5.74, 6) is 0.116. The number of carbonyl (C=O) groups is 2. The number of nitrogens with zero attached hydrogens (tertiary/aromatic N) is 1. The third-order valence-electron chi connectivity index (χ3n) is 4.12. The van der Waals surface area contributed by atoms with E-state index in [4.69, 9.17) is 0 Å². The smallest absolute Gasteiger partial charge is 0.268 e. The molecule has 134 valence electrons. The maximum atomic E-state index is 13.2. The molecule has 0 fully saturated rings. The van der Waals surface area contributed by atoms with Crippen LogP contribution in [0.15, 0.2) is 81.5 Å². The average molecular weight is 456 g/mol. The number of benzene rings is 2. The number of hydrogen-bond acceptors (Lipinski definition) is 4. The van der Waals surface area contributed by atoms with Crippen molar-refractivity contribution in [3.05, 3.63) is 91.9 Å². The fourth-order valence-corrected chi connectivity index (χ4v) is 4.99. The second-order valence-electron chi connectivity index (χ2n) is 5.88. The number of imide groups is 1. The van der Waals surface area contributed by atoms with Crippen molar-refractivity contribution in [2.75, 3.05) is 4.90 Å². The van der Waals surface area contributed by atoms with E-state index in [0.717, 1.165) is 14.9 Å². The zero-order chi connectivity index (χ0) is 18.8.